The van der Waals surface area contributed by atoms with Crippen LogP contribution in [0.25, 0.3) is 0 Å². The van der Waals surface area contributed by atoms with Crippen LogP contribution in [0.15, 0.2) is 6.20 Å². The molecular weight excluding hydrogens is 181 g/mol. The van der Waals surface area contributed by atoms with Gasteiger partial charge in [0, 0.05) is 23.4 Å². The van der Waals surface area contributed by atoms with E-state index in [4.69, 9.17) is 5.73 Å². The quantitative estimate of drug-likeness (QED) is 0.773. The Hall–Kier alpha value is -1.10. The molecule has 2 nitrogen and oxygen atoms in total. The third-order valence-electron chi connectivity index (χ3n) is 1.80. The Balaban J connectivity index is 3.35. The van der Waals surface area contributed by atoms with Crippen LogP contribution in [0.2, 0.25) is 0 Å². The Kier molecular flexibility index (Phi) is 2.87. The highest BCUT2D eigenvalue weighted by molar-refractivity contribution is 5.31. The summed E-state index contributed by atoms with van der Waals surface area (Å²) in [5.74, 6) is -0.775. The number of aryl methyl sites for hydroxylation is 1. The van der Waals surface area contributed by atoms with E-state index in [-0.39, 0.29) is 23.4 Å². The molecule has 2 N–H and O–H groups in total. The maximum Gasteiger partial charge on any atom is 0.266 e. The summed E-state index contributed by atoms with van der Waals surface area (Å²) in [5.41, 5.74) is 4.74. The molecule has 0 atom stereocenters. The minimum Gasteiger partial charge on any atom is -0.326 e. The second-order valence-corrected chi connectivity index (χ2v) is 2.59. The molecule has 0 spiro atoms. The van der Waals surface area contributed by atoms with Crippen LogP contribution in [0.4, 0.5) is 13.2 Å². The number of pyridine rings is 1. The SMILES string of the molecule is Cc1ncc(F)c(CN)c1C(F)F. The molecule has 1 rings (SSSR count). The van der Waals surface area contributed by atoms with Crippen molar-refractivity contribution >= 4 is 0 Å². The van der Waals surface area contributed by atoms with Gasteiger partial charge in [0.2, 0.25) is 0 Å². The molecule has 0 radical (unpaired) electrons. The van der Waals surface area contributed by atoms with Crippen molar-refractivity contribution in [1.29, 1.82) is 0 Å². The molecule has 0 aliphatic rings. The highest BCUT2D eigenvalue weighted by Gasteiger charge is 2.19. The summed E-state index contributed by atoms with van der Waals surface area (Å²) >= 11 is 0. The molecule has 0 saturated carbocycles. The highest BCUT2D eigenvalue weighted by atomic mass is 19.3. The molecule has 0 aliphatic heterocycles. The van der Waals surface area contributed by atoms with Crippen molar-refractivity contribution in [3.8, 4) is 0 Å². The number of halogens is 3. The lowest BCUT2D eigenvalue weighted by Gasteiger charge is -2.09. The lowest BCUT2D eigenvalue weighted by atomic mass is 10.1. The van der Waals surface area contributed by atoms with Gasteiger partial charge in [-0.25, -0.2) is 13.2 Å². The summed E-state index contributed by atoms with van der Waals surface area (Å²) in [7, 11) is 0. The molecule has 72 valence electrons. The number of nitrogens with zero attached hydrogens (tertiary/aromatic N) is 1. The minimum atomic E-state index is -2.73. The Morgan fingerprint density at radius 3 is 2.54 bits per heavy atom. The topological polar surface area (TPSA) is 38.9 Å². The average Bonchev–Trinajstić information content (AvgIpc) is 2.07. The second-order valence-electron chi connectivity index (χ2n) is 2.59. The Labute approximate surface area is 73.6 Å². The van der Waals surface area contributed by atoms with Gasteiger partial charge in [-0.15, -0.1) is 0 Å². The van der Waals surface area contributed by atoms with Crippen molar-refractivity contribution < 1.29 is 13.2 Å². The van der Waals surface area contributed by atoms with Crippen LogP contribution >= 0.6 is 0 Å². The molecule has 13 heavy (non-hydrogen) atoms. The van der Waals surface area contributed by atoms with Gasteiger partial charge in [-0.3, -0.25) is 4.98 Å². The Bertz CT molecular complexity index is 313. The lowest BCUT2D eigenvalue weighted by molar-refractivity contribution is 0.148. The standard InChI is InChI=1S/C8H9F3N2/c1-4-7(8(10)11)5(2-12)6(9)3-13-4/h3,8H,2,12H2,1H3. The largest absolute Gasteiger partial charge is 0.326 e. The van der Waals surface area contributed by atoms with Crippen LogP contribution < -0.4 is 5.73 Å². The van der Waals surface area contributed by atoms with E-state index in [1.165, 1.54) is 6.92 Å². The molecule has 0 unspecified atom stereocenters. The van der Waals surface area contributed by atoms with Crippen LogP contribution in [0.1, 0.15) is 23.2 Å². The van der Waals surface area contributed by atoms with E-state index in [2.05, 4.69) is 4.98 Å². The van der Waals surface area contributed by atoms with Gasteiger partial charge in [-0.1, -0.05) is 0 Å². The fourth-order valence-corrected chi connectivity index (χ4v) is 1.15. The number of aromatic nitrogens is 1. The van der Waals surface area contributed by atoms with E-state index in [1.54, 1.807) is 0 Å². The number of hydrogen-bond acceptors (Lipinski definition) is 2. The number of hydrogen-bond donors (Lipinski definition) is 1. The first kappa shape index (κ1) is 9.98. The van der Waals surface area contributed by atoms with E-state index in [0.717, 1.165) is 6.20 Å². The van der Waals surface area contributed by atoms with Crippen molar-refractivity contribution in [2.24, 2.45) is 5.73 Å². The Morgan fingerprint density at radius 1 is 1.54 bits per heavy atom. The van der Waals surface area contributed by atoms with E-state index in [1.807, 2.05) is 0 Å². The van der Waals surface area contributed by atoms with Gasteiger partial charge in [0.25, 0.3) is 6.43 Å². The summed E-state index contributed by atoms with van der Waals surface area (Å²) in [6.07, 6.45) is -1.83. The van der Waals surface area contributed by atoms with E-state index in [9.17, 15) is 13.2 Å². The zero-order chi connectivity index (χ0) is 10.0. The minimum absolute atomic E-state index is 0.122. The van der Waals surface area contributed by atoms with Crippen LogP contribution in [0.3, 0.4) is 0 Å². The summed E-state index contributed by atoms with van der Waals surface area (Å²) in [5, 5.41) is 0. The van der Waals surface area contributed by atoms with Crippen molar-refractivity contribution in [1.82, 2.24) is 4.98 Å². The fraction of sp³-hybridized carbons (Fsp3) is 0.375. The van der Waals surface area contributed by atoms with Crippen molar-refractivity contribution in [2.75, 3.05) is 0 Å². The molecule has 5 heteroatoms. The van der Waals surface area contributed by atoms with Gasteiger partial charge in [-0.2, -0.15) is 0 Å². The van der Waals surface area contributed by atoms with Gasteiger partial charge in [0.1, 0.15) is 5.82 Å². The van der Waals surface area contributed by atoms with E-state index in [0.29, 0.717) is 0 Å². The summed E-state index contributed by atoms with van der Waals surface area (Å²) in [4.78, 5) is 3.50. The van der Waals surface area contributed by atoms with E-state index < -0.39 is 12.2 Å². The molecule has 1 aromatic heterocycles. The van der Waals surface area contributed by atoms with Crippen molar-refractivity contribution in [3.63, 3.8) is 0 Å². The molecule has 0 aromatic carbocycles. The molecule has 0 bridgehead atoms. The molecule has 1 heterocycles. The smallest absolute Gasteiger partial charge is 0.266 e. The van der Waals surface area contributed by atoms with Crippen molar-refractivity contribution in [2.45, 2.75) is 19.9 Å². The number of alkyl halides is 2. The predicted molar refractivity (Wildman–Crippen MR) is 41.8 cm³/mol. The molecule has 0 aliphatic carbocycles. The predicted octanol–water partition coefficient (Wildman–Crippen LogP) is 1.93. The van der Waals surface area contributed by atoms with Gasteiger partial charge < -0.3 is 5.73 Å². The normalized spacial score (nSPS) is 10.9. The molecule has 1 aromatic rings. The summed E-state index contributed by atoms with van der Waals surface area (Å²) in [6.45, 7) is 1.16. The highest BCUT2D eigenvalue weighted by Crippen LogP contribution is 2.26. The van der Waals surface area contributed by atoms with Crippen LogP contribution in [0, 0.1) is 12.7 Å². The monoisotopic (exact) mass is 190 g/mol. The summed E-state index contributed by atoms with van der Waals surface area (Å²) in [6, 6.07) is 0. The molecular formula is C8H9F3N2. The van der Waals surface area contributed by atoms with Gasteiger partial charge in [0.05, 0.1) is 6.20 Å². The lowest BCUT2D eigenvalue weighted by Crippen LogP contribution is -2.08. The number of nitrogens with two attached hydrogens (primary N) is 1. The number of rotatable bonds is 2. The van der Waals surface area contributed by atoms with E-state index >= 15 is 0 Å². The molecule has 0 amide bonds. The van der Waals surface area contributed by atoms with Crippen LogP contribution in [-0.4, -0.2) is 4.98 Å². The zero-order valence-corrected chi connectivity index (χ0v) is 7.02. The van der Waals surface area contributed by atoms with Gasteiger partial charge >= 0.3 is 0 Å². The average molecular weight is 190 g/mol. The second kappa shape index (κ2) is 3.74. The first-order valence-electron chi connectivity index (χ1n) is 3.70. The molecule has 0 saturated heterocycles. The summed E-state index contributed by atoms with van der Waals surface area (Å²) < 4.78 is 37.7. The van der Waals surface area contributed by atoms with Gasteiger partial charge in [0.15, 0.2) is 0 Å². The third-order valence-corrected chi connectivity index (χ3v) is 1.80. The first-order chi connectivity index (χ1) is 6.07. The third kappa shape index (κ3) is 1.80. The van der Waals surface area contributed by atoms with Crippen molar-refractivity contribution in [3.05, 3.63) is 28.8 Å². The molecule has 0 fully saturated rings. The van der Waals surface area contributed by atoms with Gasteiger partial charge in [-0.05, 0) is 6.92 Å². The maximum absolute atomic E-state index is 12.9. The van der Waals surface area contributed by atoms with Crippen LogP contribution in [-0.2, 0) is 6.54 Å². The van der Waals surface area contributed by atoms with Crippen LogP contribution in [0.5, 0.6) is 0 Å². The maximum atomic E-state index is 12.9. The Morgan fingerprint density at radius 2 is 2.15 bits per heavy atom. The first-order valence-corrected chi connectivity index (χ1v) is 3.70. The zero-order valence-electron chi connectivity index (χ0n) is 7.02. The fourth-order valence-electron chi connectivity index (χ4n) is 1.15.